The number of hydrogen-bond donors (Lipinski definition) is 0. The quantitative estimate of drug-likeness (QED) is 0.671. The van der Waals surface area contributed by atoms with E-state index in [1.807, 2.05) is 23.9 Å². The average Bonchev–Trinajstić information content (AvgIpc) is 2.90. The molecule has 7 heteroatoms. The third-order valence-electron chi connectivity index (χ3n) is 3.20. The van der Waals surface area contributed by atoms with E-state index >= 15 is 0 Å². The summed E-state index contributed by atoms with van der Waals surface area (Å²) in [5, 5.41) is 0.514. The Hall–Kier alpha value is -2.12. The van der Waals surface area contributed by atoms with Crippen LogP contribution in [0.2, 0.25) is 0 Å². The Kier molecular flexibility index (Phi) is 4.26. The van der Waals surface area contributed by atoms with Gasteiger partial charge in [0, 0.05) is 31.0 Å². The van der Waals surface area contributed by atoms with Crippen LogP contribution in [0.3, 0.4) is 0 Å². The van der Waals surface area contributed by atoms with Crippen LogP contribution in [0, 0.1) is 5.82 Å². The van der Waals surface area contributed by atoms with E-state index in [0.717, 1.165) is 5.52 Å². The summed E-state index contributed by atoms with van der Waals surface area (Å²) in [7, 11) is 1.87. The van der Waals surface area contributed by atoms with E-state index in [-0.39, 0.29) is 11.6 Å². The summed E-state index contributed by atoms with van der Waals surface area (Å²) in [6, 6.07) is 6.75. The Morgan fingerprint density at radius 3 is 2.95 bits per heavy atom. The summed E-state index contributed by atoms with van der Waals surface area (Å²) >= 11 is 1.25. The molecule has 0 aliphatic heterocycles. The lowest BCUT2D eigenvalue weighted by Crippen LogP contribution is -1.96. The Bertz CT molecular complexity index is 807. The molecule has 5 nitrogen and oxygen atoms in total. The van der Waals surface area contributed by atoms with Gasteiger partial charge in [-0.05, 0) is 30.2 Å². The van der Waals surface area contributed by atoms with Crippen LogP contribution in [-0.4, -0.2) is 20.8 Å². The van der Waals surface area contributed by atoms with Crippen LogP contribution in [0.1, 0.15) is 5.69 Å². The highest BCUT2D eigenvalue weighted by atomic mass is 32.2. The summed E-state index contributed by atoms with van der Waals surface area (Å²) in [4.78, 5) is 8.07. The van der Waals surface area contributed by atoms with E-state index in [0.29, 0.717) is 17.7 Å². The molecule has 0 unspecified atom stereocenters. The molecule has 2 aromatic heterocycles. The second-order valence-electron chi connectivity index (χ2n) is 4.62. The lowest BCUT2D eigenvalue weighted by atomic mass is 10.2. The topological polar surface area (TPSA) is 49.2 Å². The number of halogens is 1. The summed E-state index contributed by atoms with van der Waals surface area (Å²) in [6.07, 6.45) is 5.00. The first kappa shape index (κ1) is 14.8. The highest BCUT2D eigenvalue weighted by Crippen LogP contribution is 2.29. The van der Waals surface area contributed by atoms with Crippen LogP contribution in [0.4, 0.5) is 4.39 Å². The molecular formula is C15H14FN3O2S. The molecule has 3 rings (SSSR count). The van der Waals surface area contributed by atoms with Crippen molar-refractivity contribution in [3.8, 4) is 11.6 Å². The Morgan fingerprint density at radius 2 is 2.14 bits per heavy atom. The van der Waals surface area contributed by atoms with E-state index in [9.17, 15) is 4.39 Å². The third kappa shape index (κ3) is 2.90. The van der Waals surface area contributed by atoms with Crippen molar-refractivity contribution in [3.63, 3.8) is 0 Å². The predicted molar refractivity (Wildman–Crippen MR) is 83.3 cm³/mol. The zero-order valence-electron chi connectivity index (χ0n) is 12.1. The maximum absolute atomic E-state index is 14.5. The van der Waals surface area contributed by atoms with Crippen molar-refractivity contribution in [1.29, 1.82) is 0 Å². The number of rotatable bonds is 5. The number of aromatic nitrogens is 3. The van der Waals surface area contributed by atoms with Crippen LogP contribution in [0.25, 0.3) is 10.9 Å². The number of hydrogen-bond acceptors (Lipinski definition) is 5. The van der Waals surface area contributed by atoms with Gasteiger partial charge in [-0.2, -0.15) is 0 Å². The fourth-order valence-corrected chi connectivity index (χ4v) is 2.36. The SMILES string of the molecule is CSOCc1cc(Oc2ccc3c(ccn3C)c2F)ncn1. The number of ether oxygens (including phenoxy) is 1. The number of nitrogens with zero attached hydrogens (tertiary/aromatic N) is 3. The molecule has 0 atom stereocenters. The minimum atomic E-state index is -0.404. The molecule has 22 heavy (non-hydrogen) atoms. The van der Waals surface area contributed by atoms with E-state index < -0.39 is 5.82 Å². The molecule has 0 bridgehead atoms. The molecule has 0 fully saturated rings. The Labute approximate surface area is 131 Å². The summed E-state index contributed by atoms with van der Waals surface area (Å²) < 4.78 is 27.1. The molecule has 3 aromatic rings. The fourth-order valence-electron chi connectivity index (χ4n) is 2.12. The van der Waals surface area contributed by atoms with Gasteiger partial charge in [-0.15, -0.1) is 0 Å². The standard InChI is InChI=1S/C15H14FN3O2S/c1-19-6-5-11-12(19)3-4-13(15(11)16)21-14-7-10(8-20-22-2)17-9-18-14/h3-7,9H,8H2,1-2H3. The molecule has 0 spiro atoms. The highest BCUT2D eigenvalue weighted by molar-refractivity contribution is 7.93. The number of fused-ring (bicyclic) bond motifs is 1. The normalized spacial score (nSPS) is 11.0. The molecule has 0 radical (unpaired) electrons. The first-order chi connectivity index (χ1) is 10.7. The first-order valence-corrected chi connectivity index (χ1v) is 7.72. The summed E-state index contributed by atoms with van der Waals surface area (Å²) in [6.45, 7) is 0.334. The molecule has 0 aliphatic rings. The minimum absolute atomic E-state index is 0.133. The summed E-state index contributed by atoms with van der Waals surface area (Å²) in [5.41, 5.74) is 1.47. The van der Waals surface area contributed by atoms with Gasteiger partial charge >= 0.3 is 0 Å². The molecular weight excluding hydrogens is 305 g/mol. The van der Waals surface area contributed by atoms with Crippen molar-refractivity contribution in [2.75, 3.05) is 6.26 Å². The maximum Gasteiger partial charge on any atom is 0.222 e. The van der Waals surface area contributed by atoms with Crippen molar-refractivity contribution >= 4 is 22.9 Å². The third-order valence-corrected chi connectivity index (χ3v) is 3.56. The van der Waals surface area contributed by atoms with Crippen molar-refractivity contribution < 1.29 is 13.3 Å². The van der Waals surface area contributed by atoms with Crippen LogP contribution < -0.4 is 4.74 Å². The second-order valence-corrected chi connectivity index (χ2v) is 5.18. The first-order valence-electron chi connectivity index (χ1n) is 6.57. The Balaban J connectivity index is 1.88. The van der Waals surface area contributed by atoms with Crippen molar-refractivity contribution in [2.24, 2.45) is 7.05 Å². The van der Waals surface area contributed by atoms with Crippen molar-refractivity contribution in [3.05, 3.63) is 48.3 Å². The lowest BCUT2D eigenvalue weighted by molar-refractivity contribution is 0.356. The van der Waals surface area contributed by atoms with E-state index in [1.54, 1.807) is 24.4 Å². The molecule has 0 saturated carbocycles. The zero-order chi connectivity index (χ0) is 15.5. The van der Waals surface area contributed by atoms with E-state index in [2.05, 4.69) is 9.97 Å². The molecule has 0 aliphatic carbocycles. The Morgan fingerprint density at radius 1 is 1.27 bits per heavy atom. The highest BCUT2D eigenvalue weighted by Gasteiger charge is 2.12. The van der Waals surface area contributed by atoms with E-state index in [4.69, 9.17) is 8.92 Å². The lowest BCUT2D eigenvalue weighted by Gasteiger charge is -2.08. The van der Waals surface area contributed by atoms with Crippen LogP contribution in [0.5, 0.6) is 11.6 Å². The number of benzene rings is 1. The summed E-state index contributed by atoms with van der Waals surface area (Å²) in [5.74, 6) is 0.0108. The molecule has 1 aromatic carbocycles. The molecule has 0 saturated heterocycles. The molecule has 0 amide bonds. The van der Waals surface area contributed by atoms with Gasteiger partial charge in [-0.25, -0.2) is 14.4 Å². The minimum Gasteiger partial charge on any atom is -0.436 e. The average molecular weight is 319 g/mol. The zero-order valence-corrected chi connectivity index (χ0v) is 12.9. The van der Waals surface area contributed by atoms with Gasteiger partial charge in [0.1, 0.15) is 12.9 Å². The van der Waals surface area contributed by atoms with Crippen molar-refractivity contribution in [1.82, 2.24) is 14.5 Å². The fraction of sp³-hybridized carbons (Fsp3) is 0.200. The van der Waals surface area contributed by atoms with Gasteiger partial charge < -0.3 is 13.5 Å². The predicted octanol–water partition coefficient (Wildman–Crippen LogP) is 3.69. The van der Waals surface area contributed by atoms with Gasteiger partial charge in [-0.3, -0.25) is 0 Å². The molecule has 114 valence electrons. The van der Waals surface area contributed by atoms with E-state index in [1.165, 1.54) is 18.4 Å². The van der Waals surface area contributed by atoms with Gasteiger partial charge in [0.25, 0.3) is 0 Å². The van der Waals surface area contributed by atoms with Crippen LogP contribution in [-0.2, 0) is 17.8 Å². The smallest absolute Gasteiger partial charge is 0.222 e. The second kappa shape index (κ2) is 6.33. The van der Waals surface area contributed by atoms with Crippen molar-refractivity contribution in [2.45, 2.75) is 6.61 Å². The van der Waals surface area contributed by atoms with Gasteiger partial charge in [0.05, 0.1) is 11.2 Å². The molecule has 0 N–H and O–H groups in total. The monoisotopic (exact) mass is 319 g/mol. The van der Waals surface area contributed by atoms with Crippen LogP contribution in [0.15, 0.2) is 36.8 Å². The van der Waals surface area contributed by atoms with Gasteiger partial charge in [0.15, 0.2) is 11.6 Å². The molecule has 2 heterocycles. The largest absolute Gasteiger partial charge is 0.436 e. The van der Waals surface area contributed by atoms with Gasteiger partial charge in [-0.1, -0.05) is 0 Å². The van der Waals surface area contributed by atoms with Crippen LogP contribution >= 0.6 is 12.0 Å². The van der Waals surface area contributed by atoms with Gasteiger partial charge in [0.2, 0.25) is 5.88 Å². The maximum atomic E-state index is 14.5. The number of aryl methyl sites for hydroxylation is 1.